The highest BCUT2D eigenvalue weighted by Crippen LogP contribution is 2.31. The average Bonchev–Trinajstić information content (AvgIpc) is 2.09. The van der Waals surface area contributed by atoms with Crippen molar-refractivity contribution in [1.29, 1.82) is 0 Å². The smallest absolute Gasteiger partial charge is 0.0233 e. The minimum atomic E-state index is 0.906. The molecule has 1 aliphatic rings. The monoisotopic (exact) mass is 166 g/mol. The zero-order valence-electron chi connectivity index (χ0n) is 8.55. The van der Waals surface area contributed by atoms with E-state index in [1.54, 1.807) is 0 Å². The quantitative estimate of drug-likeness (QED) is 0.552. The molecule has 0 nitrogen and oxygen atoms in total. The van der Waals surface area contributed by atoms with Crippen LogP contribution in [-0.2, 0) is 0 Å². The highest BCUT2D eigenvalue weighted by molar-refractivity contribution is 4.88. The minimum absolute atomic E-state index is 0.906. The molecule has 70 valence electrons. The van der Waals surface area contributed by atoms with Crippen molar-refractivity contribution >= 4 is 0 Å². The minimum Gasteiger partial charge on any atom is -0.0914 e. The second-order valence-corrected chi connectivity index (χ2v) is 4.10. The van der Waals surface area contributed by atoms with Gasteiger partial charge in [0.25, 0.3) is 0 Å². The number of hydrogen-bond acceptors (Lipinski definition) is 0. The van der Waals surface area contributed by atoms with E-state index in [4.69, 9.17) is 0 Å². The summed E-state index contributed by atoms with van der Waals surface area (Å²) in [7, 11) is 0. The van der Waals surface area contributed by atoms with Crippen LogP contribution in [-0.4, -0.2) is 0 Å². The SMILES string of the molecule is C/C=C/C1CCC(CCC)CC1. The molecule has 1 rings (SSSR count). The van der Waals surface area contributed by atoms with Crippen molar-refractivity contribution in [3.8, 4) is 0 Å². The summed E-state index contributed by atoms with van der Waals surface area (Å²) in [5.41, 5.74) is 0. The molecule has 1 aliphatic carbocycles. The van der Waals surface area contributed by atoms with Crippen LogP contribution in [0.4, 0.5) is 0 Å². The van der Waals surface area contributed by atoms with Gasteiger partial charge in [-0.1, -0.05) is 31.9 Å². The van der Waals surface area contributed by atoms with Gasteiger partial charge in [-0.2, -0.15) is 0 Å². The van der Waals surface area contributed by atoms with Crippen molar-refractivity contribution in [2.24, 2.45) is 11.8 Å². The van der Waals surface area contributed by atoms with Crippen LogP contribution in [0.3, 0.4) is 0 Å². The molecule has 0 aromatic heterocycles. The van der Waals surface area contributed by atoms with Gasteiger partial charge in [0.15, 0.2) is 0 Å². The third-order valence-corrected chi connectivity index (χ3v) is 3.05. The van der Waals surface area contributed by atoms with Gasteiger partial charge in [-0.25, -0.2) is 0 Å². The second kappa shape index (κ2) is 5.40. The molecule has 0 saturated heterocycles. The molecule has 0 radical (unpaired) electrons. The largest absolute Gasteiger partial charge is 0.0914 e. The van der Waals surface area contributed by atoms with E-state index in [1.165, 1.54) is 38.5 Å². The zero-order chi connectivity index (χ0) is 8.81. The molecule has 0 amide bonds. The molecule has 0 N–H and O–H groups in total. The summed E-state index contributed by atoms with van der Waals surface area (Å²) in [6.45, 7) is 4.44. The average molecular weight is 166 g/mol. The number of rotatable bonds is 3. The van der Waals surface area contributed by atoms with Gasteiger partial charge in [-0.15, -0.1) is 0 Å². The van der Waals surface area contributed by atoms with E-state index in [2.05, 4.69) is 26.0 Å². The fourth-order valence-electron chi connectivity index (χ4n) is 2.35. The fourth-order valence-corrected chi connectivity index (χ4v) is 2.35. The first kappa shape index (κ1) is 9.83. The van der Waals surface area contributed by atoms with Crippen LogP contribution in [0.25, 0.3) is 0 Å². The first-order valence-corrected chi connectivity index (χ1v) is 5.49. The normalized spacial score (nSPS) is 31.2. The highest BCUT2D eigenvalue weighted by Gasteiger charge is 2.17. The third kappa shape index (κ3) is 3.00. The van der Waals surface area contributed by atoms with Crippen molar-refractivity contribution in [1.82, 2.24) is 0 Å². The van der Waals surface area contributed by atoms with Gasteiger partial charge in [0.2, 0.25) is 0 Å². The first-order valence-electron chi connectivity index (χ1n) is 5.49. The Bertz CT molecular complexity index is 127. The van der Waals surface area contributed by atoms with Crippen LogP contribution in [0.2, 0.25) is 0 Å². The second-order valence-electron chi connectivity index (χ2n) is 4.10. The molecule has 0 spiro atoms. The Balaban J connectivity index is 2.20. The predicted octanol–water partition coefficient (Wildman–Crippen LogP) is 4.17. The van der Waals surface area contributed by atoms with E-state index in [-0.39, 0.29) is 0 Å². The summed E-state index contributed by atoms with van der Waals surface area (Å²) < 4.78 is 0. The Labute approximate surface area is 77.1 Å². The lowest BCUT2D eigenvalue weighted by Crippen LogP contribution is -2.12. The van der Waals surface area contributed by atoms with Gasteiger partial charge < -0.3 is 0 Å². The van der Waals surface area contributed by atoms with E-state index in [0.717, 1.165) is 11.8 Å². The Hall–Kier alpha value is -0.260. The Morgan fingerprint density at radius 2 is 1.83 bits per heavy atom. The summed E-state index contributed by atoms with van der Waals surface area (Å²) >= 11 is 0. The van der Waals surface area contributed by atoms with E-state index >= 15 is 0 Å². The van der Waals surface area contributed by atoms with E-state index in [1.807, 2.05) is 0 Å². The maximum atomic E-state index is 2.39. The Kier molecular flexibility index (Phi) is 4.42. The molecule has 12 heavy (non-hydrogen) atoms. The summed E-state index contributed by atoms with van der Waals surface area (Å²) in [5.74, 6) is 1.96. The molecule has 0 aliphatic heterocycles. The zero-order valence-corrected chi connectivity index (χ0v) is 8.55. The molecule has 0 heterocycles. The lowest BCUT2D eigenvalue weighted by Gasteiger charge is -2.26. The van der Waals surface area contributed by atoms with Gasteiger partial charge in [0, 0.05) is 0 Å². The van der Waals surface area contributed by atoms with Crippen LogP contribution in [0.5, 0.6) is 0 Å². The standard InChI is InChI=1S/C12H22/c1-3-5-11-7-9-12(6-4-2)10-8-11/h3,5,11-12H,4,6-10H2,1-2H3/b5-3+. The van der Waals surface area contributed by atoms with Gasteiger partial charge in [-0.3, -0.25) is 0 Å². The van der Waals surface area contributed by atoms with Crippen molar-refractivity contribution in [2.75, 3.05) is 0 Å². The molecular weight excluding hydrogens is 144 g/mol. The van der Waals surface area contributed by atoms with Crippen LogP contribution in [0, 0.1) is 11.8 Å². The molecule has 1 fully saturated rings. The van der Waals surface area contributed by atoms with Crippen LogP contribution in [0.15, 0.2) is 12.2 Å². The van der Waals surface area contributed by atoms with Gasteiger partial charge >= 0.3 is 0 Å². The lowest BCUT2D eigenvalue weighted by molar-refractivity contribution is 0.294. The topological polar surface area (TPSA) is 0 Å². The molecule has 0 bridgehead atoms. The van der Waals surface area contributed by atoms with Gasteiger partial charge in [0.05, 0.1) is 0 Å². The predicted molar refractivity (Wildman–Crippen MR) is 55.2 cm³/mol. The summed E-state index contributed by atoms with van der Waals surface area (Å²) in [6.07, 6.45) is 13.3. The fraction of sp³-hybridized carbons (Fsp3) is 0.833. The van der Waals surface area contributed by atoms with Crippen molar-refractivity contribution in [2.45, 2.75) is 52.4 Å². The van der Waals surface area contributed by atoms with Crippen molar-refractivity contribution in [3.05, 3.63) is 12.2 Å². The van der Waals surface area contributed by atoms with Gasteiger partial charge in [0.1, 0.15) is 0 Å². The van der Waals surface area contributed by atoms with E-state index in [0.29, 0.717) is 0 Å². The number of hydrogen-bond donors (Lipinski definition) is 0. The van der Waals surface area contributed by atoms with Crippen LogP contribution in [0.1, 0.15) is 52.4 Å². The van der Waals surface area contributed by atoms with E-state index in [9.17, 15) is 0 Å². The maximum Gasteiger partial charge on any atom is -0.0233 e. The van der Waals surface area contributed by atoms with Gasteiger partial charge in [-0.05, 0) is 44.4 Å². The van der Waals surface area contributed by atoms with Crippen molar-refractivity contribution < 1.29 is 0 Å². The van der Waals surface area contributed by atoms with Crippen molar-refractivity contribution in [3.63, 3.8) is 0 Å². The van der Waals surface area contributed by atoms with Crippen LogP contribution < -0.4 is 0 Å². The first-order chi connectivity index (χ1) is 5.86. The third-order valence-electron chi connectivity index (χ3n) is 3.05. The molecule has 0 unspecified atom stereocenters. The highest BCUT2D eigenvalue weighted by atomic mass is 14.2. The molecule has 0 heteroatoms. The Morgan fingerprint density at radius 3 is 2.33 bits per heavy atom. The summed E-state index contributed by atoms with van der Waals surface area (Å²) in [5, 5.41) is 0. The molecule has 0 aromatic rings. The molecular formula is C12H22. The maximum absolute atomic E-state index is 2.39. The van der Waals surface area contributed by atoms with Crippen LogP contribution >= 0.6 is 0 Å². The summed E-state index contributed by atoms with van der Waals surface area (Å²) in [4.78, 5) is 0. The molecule has 0 atom stereocenters. The summed E-state index contributed by atoms with van der Waals surface area (Å²) in [6, 6.07) is 0. The molecule has 0 aromatic carbocycles. The Morgan fingerprint density at radius 1 is 1.17 bits per heavy atom. The lowest BCUT2D eigenvalue weighted by atomic mass is 9.80. The van der Waals surface area contributed by atoms with E-state index < -0.39 is 0 Å². The number of allylic oxidation sites excluding steroid dienone is 2. The molecule has 1 saturated carbocycles.